The number of carboxylic acids is 1. The Morgan fingerprint density at radius 3 is 2.55 bits per heavy atom. The molecule has 0 amide bonds. The number of fused-ring (bicyclic) bond motifs is 1. The van der Waals surface area contributed by atoms with Gasteiger partial charge >= 0.3 is 5.97 Å². The molecule has 2 aliphatic rings. The number of allylic oxidation sites excluding steroid dienone is 3. The van der Waals surface area contributed by atoms with E-state index in [1.165, 1.54) is 12.2 Å². The van der Waals surface area contributed by atoms with Crippen LogP contribution in [0.15, 0.2) is 36.5 Å². The number of carboxylic acid groups (broad SMARTS) is 1. The van der Waals surface area contributed by atoms with Crippen molar-refractivity contribution >= 4 is 5.97 Å². The third-order valence-electron chi connectivity index (χ3n) is 5.21. The molecule has 0 aromatic carbocycles. The van der Waals surface area contributed by atoms with E-state index in [1.807, 2.05) is 6.08 Å². The lowest BCUT2D eigenvalue weighted by Gasteiger charge is -2.54. The van der Waals surface area contributed by atoms with Crippen LogP contribution in [-0.2, 0) is 4.79 Å². The molecule has 1 fully saturated rings. The third kappa shape index (κ3) is 3.03. The maximum Gasteiger partial charge on any atom is 0.328 e. The summed E-state index contributed by atoms with van der Waals surface area (Å²) in [6.07, 6.45) is 11.2. The molecule has 3 N–H and O–H groups in total. The topological polar surface area (TPSA) is 77.8 Å². The van der Waals surface area contributed by atoms with E-state index in [2.05, 4.69) is 13.8 Å². The van der Waals surface area contributed by atoms with Crippen molar-refractivity contribution in [2.75, 3.05) is 0 Å². The van der Waals surface area contributed by atoms with Gasteiger partial charge in [0.15, 0.2) is 0 Å². The van der Waals surface area contributed by atoms with E-state index in [1.54, 1.807) is 19.1 Å². The molecule has 0 unspecified atom stereocenters. The molecule has 1 saturated carbocycles. The Labute approximate surface area is 131 Å². The fourth-order valence-corrected chi connectivity index (χ4v) is 4.27. The standard InChI is InChI=1S/C18H26O4/c1-12-10-13(2)16-14(11-12)7-9-17(3,21)18(16,22)8-5-4-6-15(19)20/h4-9,12-14,16,21-22H,10-11H2,1-3H3,(H,19,20)/t12-,13+,14-,16-,17+,18-/m0/s1. The Hall–Kier alpha value is -1.39. The van der Waals surface area contributed by atoms with Crippen molar-refractivity contribution < 1.29 is 20.1 Å². The Bertz CT molecular complexity index is 517. The minimum absolute atomic E-state index is 0.0711. The fraction of sp³-hybridized carbons (Fsp3) is 0.611. The highest BCUT2D eigenvalue weighted by Crippen LogP contribution is 2.51. The lowest BCUT2D eigenvalue weighted by molar-refractivity contribution is -0.154. The number of aliphatic hydroxyl groups is 2. The molecule has 2 aliphatic carbocycles. The van der Waals surface area contributed by atoms with Crippen LogP contribution in [0, 0.1) is 23.7 Å². The van der Waals surface area contributed by atoms with Crippen LogP contribution >= 0.6 is 0 Å². The molecule has 6 atom stereocenters. The van der Waals surface area contributed by atoms with Crippen molar-refractivity contribution in [2.24, 2.45) is 23.7 Å². The van der Waals surface area contributed by atoms with Gasteiger partial charge in [-0.2, -0.15) is 0 Å². The predicted molar refractivity (Wildman–Crippen MR) is 85.2 cm³/mol. The van der Waals surface area contributed by atoms with E-state index < -0.39 is 17.2 Å². The van der Waals surface area contributed by atoms with Gasteiger partial charge in [-0.15, -0.1) is 0 Å². The van der Waals surface area contributed by atoms with Crippen molar-refractivity contribution in [3.63, 3.8) is 0 Å². The van der Waals surface area contributed by atoms with Gasteiger partial charge < -0.3 is 15.3 Å². The number of rotatable bonds is 3. The first-order valence-corrected chi connectivity index (χ1v) is 7.90. The second-order valence-electron chi connectivity index (χ2n) is 7.13. The van der Waals surface area contributed by atoms with E-state index in [9.17, 15) is 15.0 Å². The summed E-state index contributed by atoms with van der Waals surface area (Å²) in [5.41, 5.74) is -2.76. The molecule has 122 valence electrons. The maximum atomic E-state index is 11.2. The van der Waals surface area contributed by atoms with Gasteiger partial charge in [0.2, 0.25) is 0 Å². The normalized spacial score (nSPS) is 45.3. The van der Waals surface area contributed by atoms with Crippen molar-refractivity contribution in [3.05, 3.63) is 36.5 Å². The minimum Gasteiger partial charge on any atom is -0.478 e. The summed E-state index contributed by atoms with van der Waals surface area (Å²) < 4.78 is 0. The van der Waals surface area contributed by atoms with E-state index >= 15 is 0 Å². The van der Waals surface area contributed by atoms with Gasteiger partial charge in [0.1, 0.15) is 11.2 Å². The molecular weight excluding hydrogens is 280 g/mol. The Balaban J connectivity index is 2.36. The average molecular weight is 306 g/mol. The number of aliphatic carboxylic acids is 1. The van der Waals surface area contributed by atoms with Crippen molar-refractivity contribution in [3.8, 4) is 0 Å². The molecule has 0 aromatic heterocycles. The Kier molecular flexibility index (Phi) is 4.64. The molecule has 0 heterocycles. The zero-order chi connectivity index (χ0) is 16.5. The molecule has 2 rings (SSSR count). The zero-order valence-corrected chi connectivity index (χ0v) is 13.4. The smallest absolute Gasteiger partial charge is 0.328 e. The van der Waals surface area contributed by atoms with Gasteiger partial charge in [0.05, 0.1) is 0 Å². The zero-order valence-electron chi connectivity index (χ0n) is 13.4. The van der Waals surface area contributed by atoms with Crippen LogP contribution in [0.4, 0.5) is 0 Å². The van der Waals surface area contributed by atoms with E-state index in [0.717, 1.165) is 18.9 Å². The van der Waals surface area contributed by atoms with Gasteiger partial charge in [-0.25, -0.2) is 4.79 Å². The quantitative estimate of drug-likeness (QED) is 0.425. The third-order valence-corrected chi connectivity index (χ3v) is 5.21. The molecule has 4 nitrogen and oxygen atoms in total. The molecule has 0 saturated heterocycles. The van der Waals surface area contributed by atoms with Crippen LogP contribution in [-0.4, -0.2) is 32.5 Å². The number of carbonyl (C=O) groups is 1. The second-order valence-corrected chi connectivity index (χ2v) is 7.13. The summed E-state index contributed by atoms with van der Waals surface area (Å²) in [5.74, 6) is 0.00675. The molecular formula is C18H26O4. The van der Waals surface area contributed by atoms with Crippen LogP contribution in [0.2, 0.25) is 0 Å². The Morgan fingerprint density at radius 1 is 1.23 bits per heavy atom. The van der Waals surface area contributed by atoms with E-state index in [4.69, 9.17) is 5.11 Å². The molecule has 0 radical (unpaired) electrons. The first-order chi connectivity index (χ1) is 10.2. The van der Waals surface area contributed by atoms with Crippen LogP contribution in [0.25, 0.3) is 0 Å². The molecule has 0 spiro atoms. The highest BCUT2D eigenvalue weighted by Gasteiger charge is 2.55. The summed E-state index contributed by atoms with van der Waals surface area (Å²) in [7, 11) is 0. The van der Waals surface area contributed by atoms with Crippen LogP contribution in [0.1, 0.15) is 33.6 Å². The average Bonchev–Trinajstić information content (AvgIpc) is 2.39. The molecule has 22 heavy (non-hydrogen) atoms. The predicted octanol–water partition coefficient (Wildman–Crippen LogP) is 2.53. The first kappa shape index (κ1) is 17.0. The SMILES string of the molecule is C[C@H]1C[C@@H](C)[C@H]2[C@@H](C=C[C@@](C)(O)[C@]2(O)C=CC=CC(=O)O)C1. The van der Waals surface area contributed by atoms with Crippen molar-refractivity contribution in [2.45, 2.75) is 44.8 Å². The van der Waals surface area contributed by atoms with E-state index in [-0.39, 0.29) is 17.8 Å². The van der Waals surface area contributed by atoms with Crippen molar-refractivity contribution in [1.82, 2.24) is 0 Å². The first-order valence-electron chi connectivity index (χ1n) is 7.90. The lowest BCUT2D eigenvalue weighted by atomic mass is 9.55. The highest BCUT2D eigenvalue weighted by molar-refractivity contribution is 5.80. The van der Waals surface area contributed by atoms with E-state index in [0.29, 0.717) is 5.92 Å². The summed E-state index contributed by atoms with van der Waals surface area (Å²) in [6.45, 7) is 5.95. The summed E-state index contributed by atoms with van der Waals surface area (Å²) in [6, 6.07) is 0. The van der Waals surface area contributed by atoms with Gasteiger partial charge in [0, 0.05) is 12.0 Å². The largest absolute Gasteiger partial charge is 0.478 e. The molecule has 0 aliphatic heterocycles. The summed E-state index contributed by atoms with van der Waals surface area (Å²) in [5, 5.41) is 30.6. The molecule has 0 aromatic rings. The van der Waals surface area contributed by atoms with Crippen molar-refractivity contribution in [1.29, 1.82) is 0 Å². The monoisotopic (exact) mass is 306 g/mol. The number of hydrogen-bond acceptors (Lipinski definition) is 3. The lowest BCUT2D eigenvalue weighted by Crippen LogP contribution is -2.61. The molecule has 0 bridgehead atoms. The van der Waals surface area contributed by atoms with Crippen LogP contribution in [0.3, 0.4) is 0 Å². The fourth-order valence-electron chi connectivity index (χ4n) is 4.27. The second kappa shape index (κ2) is 6.01. The van der Waals surface area contributed by atoms with Crippen LogP contribution in [0.5, 0.6) is 0 Å². The highest BCUT2D eigenvalue weighted by atomic mass is 16.4. The van der Waals surface area contributed by atoms with Gasteiger partial charge in [-0.3, -0.25) is 0 Å². The van der Waals surface area contributed by atoms with Crippen LogP contribution < -0.4 is 0 Å². The summed E-state index contributed by atoms with van der Waals surface area (Å²) >= 11 is 0. The van der Waals surface area contributed by atoms with Gasteiger partial charge in [-0.05, 0) is 43.6 Å². The summed E-state index contributed by atoms with van der Waals surface area (Å²) in [4.78, 5) is 10.5. The van der Waals surface area contributed by atoms with Gasteiger partial charge in [0.25, 0.3) is 0 Å². The van der Waals surface area contributed by atoms with Gasteiger partial charge in [-0.1, -0.05) is 38.2 Å². The Morgan fingerprint density at radius 2 is 1.91 bits per heavy atom. The minimum atomic E-state index is -1.39. The molecule has 4 heteroatoms. The number of hydrogen-bond donors (Lipinski definition) is 3. The maximum absolute atomic E-state index is 11.2.